The van der Waals surface area contributed by atoms with E-state index in [4.69, 9.17) is 5.73 Å². The first kappa shape index (κ1) is 12.0. The molecule has 5 heteroatoms. The Kier molecular flexibility index (Phi) is 2.91. The molecule has 0 atom stereocenters. The second-order valence-electron chi connectivity index (χ2n) is 5.20. The maximum atomic E-state index is 12.0. The molecule has 1 saturated carbocycles. The van der Waals surface area contributed by atoms with Gasteiger partial charge in [0, 0.05) is 11.9 Å². The molecule has 5 N–H and O–H groups in total. The van der Waals surface area contributed by atoms with Crippen LogP contribution in [0, 0.1) is 5.92 Å². The zero-order valence-electron chi connectivity index (χ0n) is 10.5. The summed E-state index contributed by atoms with van der Waals surface area (Å²) in [6.07, 6.45) is 1.37. The summed E-state index contributed by atoms with van der Waals surface area (Å²) < 4.78 is 0. The van der Waals surface area contributed by atoms with E-state index in [-0.39, 0.29) is 12.0 Å². The molecule has 1 heterocycles. The van der Waals surface area contributed by atoms with Gasteiger partial charge < -0.3 is 21.1 Å². The number of aliphatic hydroxyl groups excluding tert-OH is 1. The molecule has 1 aliphatic rings. The minimum Gasteiger partial charge on any atom is -0.397 e. The molecule has 1 aromatic heterocycles. The van der Waals surface area contributed by atoms with Crippen LogP contribution < -0.4 is 11.1 Å². The first-order valence-electron chi connectivity index (χ1n) is 6.47. The molecule has 0 spiro atoms. The number of hydrogen-bond acceptors (Lipinski definition) is 3. The highest BCUT2D eigenvalue weighted by Crippen LogP contribution is 2.26. The third-order valence-electron chi connectivity index (χ3n) is 3.70. The highest BCUT2D eigenvalue weighted by molar-refractivity contribution is 6.00. The van der Waals surface area contributed by atoms with Crippen LogP contribution in [0.5, 0.6) is 0 Å². The average Bonchev–Trinajstić information content (AvgIpc) is 2.78. The van der Waals surface area contributed by atoms with Gasteiger partial charge in [0.05, 0.1) is 17.3 Å². The predicted octanol–water partition coefficient (Wildman–Crippen LogP) is 1.25. The largest absolute Gasteiger partial charge is 0.397 e. The third kappa shape index (κ3) is 2.29. The topological polar surface area (TPSA) is 91.1 Å². The number of H-pyrrole nitrogens is 1. The Hall–Kier alpha value is -2.01. The Morgan fingerprint density at radius 1 is 1.47 bits per heavy atom. The van der Waals surface area contributed by atoms with E-state index in [0.29, 0.717) is 23.8 Å². The molecular formula is C14H17N3O2. The SMILES string of the molecule is Nc1cccc2cc(C(=O)NCC3CC(O)C3)[nH]c12. The number of nitrogens with one attached hydrogen (secondary N) is 2. The van der Waals surface area contributed by atoms with Gasteiger partial charge in [-0.25, -0.2) is 0 Å². The number of amides is 1. The van der Waals surface area contributed by atoms with Gasteiger partial charge in [-0.2, -0.15) is 0 Å². The first-order valence-corrected chi connectivity index (χ1v) is 6.47. The Labute approximate surface area is 110 Å². The molecule has 1 fully saturated rings. The number of aromatic amines is 1. The molecule has 1 aromatic carbocycles. The number of nitrogen functional groups attached to an aromatic ring is 1. The summed E-state index contributed by atoms with van der Waals surface area (Å²) in [5.74, 6) is 0.269. The fraction of sp³-hybridized carbons (Fsp3) is 0.357. The van der Waals surface area contributed by atoms with E-state index in [1.165, 1.54) is 0 Å². The van der Waals surface area contributed by atoms with E-state index in [1.54, 1.807) is 12.1 Å². The summed E-state index contributed by atoms with van der Waals surface area (Å²) in [5, 5.41) is 13.0. The van der Waals surface area contributed by atoms with Crippen molar-refractivity contribution in [2.45, 2.75) is 18.9 Å². The molecule has 1 amide bonds. The van der Waals surface area contributed by atoms with Crippen LogP contribution in [-0.2, 0) is 0 Å². The molecule has 0 saturated heterocycles. The summed E-state index contributed by atoms with van der Waals surface area (Å²) in [5.41, 5.74) is 7.80. The van der Waals surface area contributed by atoms with Crippen molar-refractivity contribution >= 4 is 22.5 Å². The summed E-state index contributed by atoms with van der Waals surface area (Å²) in [7, 11) is 0. The van der Waals surface area contributed by atoms with Crippen molar-refractivity contribution in [1.29, 1.82) is 0 Å². The molecule has 0 radical (unpaired) electrons. The molecule has 0 unspecified atom stereocenters. The van der Waals surface area contributed by atoms with Crippen molar-refractivity contribution in [1.82, 2.24) is 10.3 Å². The van der Waals surface area contributed by atoms with E-state index in [1.807, 2.05) is 12.1 Å². The van der Waals surface area contributed by atoms with Crippen LogP contribution in [0.4, 0.5) is 5.69 Å². The molecular weight excluding hydrogens is 242 g/mol. The third-order valence-corrected chi connectivity index (χ3v) is 3.70. The highest BCUT2D eigenvalue weighted by Gasteiger charge is 2.27. The number of anilines is 1. The number of nitrogens with two attached hydrogens (primary N) is 1. The number of aromatic nitrogens is 1. The van der Waals surface area contributed by atoms with Crippen molar-refractivity contribution in [2.24, 2.45) is 5.92 Å². The summed E-state index contributed by atoms with van der Waals surface area (Å²) in [6, 6.07) is 7.39. The number of para-hydroxylation sites is 1. The number of benzene rings is 1. The smallest absolute Gasteiger partial charge is 0.267 e. The van der Waals surface area contributed by atoms with Gasteiger partial charge in [-0.05, 0) is 30.9 Å². The normalized spacial score (nSPS) is 22.2. The Balaban J connectivity index is 1.69. The van der Waals surface area contributed by atoms with E-state index >= 15 is 0 Å². The van der Waals surface area contributed by atoms with Gasteiger partial charge >= 0.3 is 0 Å². The van der Waals surface area contributed by atoms with Gasteiger partial charge in [0.2, 0.25) is 0 Å². The molecule has 5 nitrogen and oxygen atoms in total. The standard InChI is InChI=1S/C14H17N3O2/c15-11-3-1-2-9-6-12(17-13(9)11)14(19)16-7-8-4-10(18)5-8/h1-3,6,8,10,17-18H,4-5,7,15H2,(H,16,19). The average molecular weight is 259 g/mol. The minimum absolute atomic E-state index is 0.128. The maximum absolute atomic E-state index is 12.0. The van der Waals surface area contributed by atoms with Crippen LogP contribution in [0.15, 0.2) is 24.3 Å². The number of hydrogen-bond donors (Lipinski definition) is 4. The van der Waals surface area contributed by atoms with Crippen molar-refractivity contribution < 1.29 is 9.90 Å². The van der Waals surface area contributed by atoms with E-state index in [2.05, 4.69) is 10.3 Å². The Bertz CT molecular complexity index is 614. The van der Waals surface area contributed by atoms with Gasteiger partial charge in [0.25, 0.3) is 5.91 Å². The summed E-state index contributed by atoms with van der Waals surface area (Å²) in [6.45, 7) is 0.612. The lowest BCUT2D eigenvalue weighted by molar-refractivity contribution is 0.0420. The lowest BCUT2D eigenvalue weighted by Gasteiger charge is -2.31. The zero-order valence-corrected chi connectivity index (χ0v) is 10.5. The molecule has 2 aromatic rings. The Morgan fingerprint density at radius 3 is 2.95 bits per heavy atom. The molecule has 3 rings (SSSR count). The first-order chi connectivity index (χ1) is 9.13. The number of carbonyl (C=O) groups excluding carboxylic acids is 1. The van der Waals surface area contributed by atoms with Gasteiger partial charge in [-0.15, -0.1) is 0 Å². The van der Waals surface area contributed by atoms with Crippen LogP contribution in [0.1, 0.15) is 23.3 Å². The minimum atomic E-state index is -0.185. The molecule has 1 aliphatic carbocycles. The number of fused-ring (bicyclic) bond motifs is 1. The van der Waals surface area contributed by atoms with E-state index < -0.39 is 0 Å². The molecule has 100 valence electrons. The second kappa shape index (κ2) is 4.59. The highest BCUT2D eigenvalue weighted by atomic mass is 16.3. The molecule has 19 heavy (non-hydrogen) atoms. The van der Waals surface area contributed by atoms with Crippen molar-refractivity contribution in [3.8, 4) is 0 Å². The molecule has 0 bridgehead atoms. The lowest BCUT2D eigenvalue weighted by atomic mass is 9.82. The zero-order chi connectivity index (χ0) is 13.4. The van der Waals surface area contributed by atoms with Crippen molar-refractivity contribution in [3.05, 3.63) is 30.0 Å². The number of carbonyl (C=O) groups is 1. The quantitative estimate of drug-likeness (QED) is 0.625. The fourth-order valence-corrected chi connectivity index (χ4v) is 2.50. The summed E-state index contributed by atoms with van der Waals surface area (Å²) in [4.78, 5) is 15.1. The maximum Gasteiger partial charge on any atom is 0.267 e. The predicted molar refractivity (Wildman–Crippen MR) is 73.8 cm³/mol. The van der Waals surface area contributed by atoms with Crippen LogP contribution in [0.25, 0.3) is 10.9 Å². The van der Waals surface area contributed by atoms with E-state index in [0.717, 1.165) is 23.7 Å². The van der Waals surface area contributed by atoms with Crippen molar-refractivity contribution in [3.63, 3.8) is 0 Å². The molecule has 0 aliphatic heterocycles. The number of rotatable bonds is 3. The van der Waals surface area contributed by atoms with Gasteiger partial charge in [0.15, 0.2) is 0 Å². The van der Waals surface area contributed by atoms with Crippen LogP contribution >= 0.6 is 0 Å². The van der Waals surface area contributed by atoms with Crippen molar-refractivity contribution in [2.75, 3.05) is 12.3 Å². The van der Waals surface area contributed by atoms with Gasteiger partial charge in [-0.1, -0.05) is 12.1 Å². The summed E-state index contributed by atoms with van der Waals surface area (Å²) >= 11 is 0. The van der Waals surface area contributed by atoms with E-state index in [9.17, 15) is 9.90 Å². The number of aliphatic hydroxyl groups is 1. The second-order valence-corrected chi connectivity index (χ2v) is 5.20. The van der Waals surface area contributed by atoms with Crippen LogP contribution in [-0.4, -0.2) is 28.6 Å². The lowest BCUT2D eigenvalue weighted by Crippen LogP contribution is -2.38. The fourth-order valence-electron chi connectivity index (χ4n) is 2.50. The van der Waals surface area contributed by atoms with Crippen LogP contribution in [0.2, 0.25) is 0 Å². The monoisotopic (exact) mass is 259 g/mol. The Morgan fingerprint density at radius 2 is 2.26 bits per heavy atom. The van der Waals surface area contributed by atoms with Gasteiger partial charge in [-0.3, -0.25) is 4.79 Å². The van der Waals surface area contributed by atoms with Gasteiger partial charge in [0.1, 0.15) is 5.69 Å². The van der Waals surface area contributed by atoms with Crippen LogP contribution in [0.3, 0.4) is 0 Å².